The summed E-state index contributed by atoms with van der Waals surface area (Å²) in [5, 5.41) is 5.63. The molecule has 0 saturated heterocycles. The maximum atomic E-state index is 11.7. The smallest absolute Gasteiger partial charge is 0.251 e. The molecule has 0 fully saturated rings. The third-order valence-corrected chi connectivity index (χ3v) is 3.75. The second-order valence-corrected chi connectivity index (χ2v) is 5.49. The lowest BCUT2D eigenvalue weighted by Crippen LogP contribution is -2.23. The number of hydrogen-bond donors (Lipinski definition) is 3. The number of carbonyl (C=O) groups is 1. The van der Waals surface area contributed by atoms with Gasteiger partial charge in [-0.15, -0.1) is 24.0 Å². The molecule has 0 aliphatic heterocycles. The normalized spacial score (nSPS) is 10.6. The van der Waals surface area contributed by atoms with Gasteiger partial charge in [0.2, 0.25) is 0 Å². The number of anilines is 1. The Hall–Kier alpha value is -2.49. The Morgan fingerprint density at radius 1 is 1.11 bits per heavy atom. The van der Waals surface area contributed by atoms with Crippen molar-refractivity contribution in [3.05, 3.63) is 53.6 Å². The molecule has 0 atom stereocenters. The van der Waals surface area contributed by atoms with E-state index in [2.05, 4.69) is 15.6 Å². The lowest BCUT2D eigenvalue weighted by molar-refractivity contribution is 0.0963. The summed E-state index contributed by atoms with van der Waals surface area (Å²) in [6, 6.07) is 12.9. The van der Waals surface area contributed by atoms with Gasteiger partial charge < -0.3 is 25.8 Å². The summed E-state index contributed by atoms with van der Waals surface area (Å²) in [6.45, 7) is 0.503. The number of aliphatic imine (C=N–C) groups is 1. The minimum absolute atomic E-state index is 0. The SMILES string of the molecule is CNC(=O)c1cccc(CCN=C(N)Nc2ccc(OC)c(OC)c2)c1.I. The molecule has 0 aliphatic rings. The van der Waals surface area contributed by atoms with Crippen molar-refractivity contribution in [1.82, 2.24) is 5.32 Å². The van der Waals surface area contributed by atoms with E-state index >= 15 is 0 Å². The van der Waals surface area contributed by atoms with Gasteiger partial charge in [-0.25, -0.2) is 0 Å². The Labute approximate surface area is 176 Å². The maximum absolute atomic E-state index is 11.7. The third-order valence-electron chi connectivity index (χ3n) is 3.75. The first kappa shape index (κ1) is 22.6. The molecule has 7 nitrogen and oxygen atoms in total. The molecule has 0 unspecified atom stereocenters. The van der Waals surface area contributed by atoms with E-state index in [-0.39, 0.29) is 29.9 Å². The van der Waals surface area contributed by atoms with Crippen molar-refractivity contribution < 1.29 is 14.3 Å². The summed E-state index contributed by atoms with van der Waals surface area (Å²) < 4.78 is 10.5. The molecule has 0 aromatic heterocycles. The molecule has 8 heteroatoms. The summed E-state index contributed by atoms with van der Waals surface area (Å²) in [5.41, 5.74) is 8.34. The van der Waals surface area contributed by atoms with Gasteiger partial charge in [0.15, 0.2) is 17.5 Å². The summed E-state index contributed by atoms with van der Waals surface area (Å²) in [5.74, 6) is 1.45. The fourth-order valence-corrected chi connectivity index (χ4v) is 2.42. The van der Waals surface area contributed by atoms with Gasteiger partial charge in [0.25, 0.3) is 5.91 Å². The first-order chi connectivity index (χ1) is 12.6. The highest BCUT2D eigenvalue weighted by molar-refractivity contribution is 14.0. The highest BCUT2D eigenvalue weighted by atomic mass is 127. The first-order valence-corrected chi connectivity index (χ1v) is 8.17. The molecule has 0 heterocycles. The van der Waals surface area contributed by atoms with Gasteiger partial charge in [0.1, 0.15) is 0 Å². The van der Waals surface area contributed by atoms with Crippen LogP contribution in [-0.2, 0) is 6.42 Å². The van der Waals surface area contributed by atoms with E-state index in [1.165, 1.54) is 0 Å². The molecule has 4 N–H and O–H groups in total. The lowest BCUT2D eigenvalue weighted by atomic mass is 10.1. The largest absolute Gasteiger partial charge is 0.493 e. The predicted octanol–water partition coefficient (Wildman–Crippen LogP) is 2.65. The summed E-state index contributed by atoms with van der Waals surface area (Å²) in [6.07, 6.45) is 0.680. The number of carbonyl (C=O) groups excluding carboxylic acids is 1. The van der Waals surface area contributed by atoms with E-state index in [1.54, 1.807) is 39.5 Å². The zero-order chi connectivity index (χ0) is 18.9. The van der Waals surface area contributed by atoms with Gasteiger partial charge in [-0.05, 0) is 36.2 Å². The monoisotopic (exact) mass is 484 g/mol. The van der Waals surface area contributed by atoms with Gasteiger partial charge in [-0.1, -0.05) is 12.1 Å². The zero-order valence-corrected chi connectivity index (χ0v) is 17.9. The van der Waals surface area contributed by atoms with Crippen molar-refractivity contribution in [2.24, 2.45) is 10.7 Å². The van der Waals surface area contributed by atoms with Gasteiger partial charge >= 0.3 is 0 Å². The van der Waals surface area contributed by atoms with Gasteiger partial charge in [-0.2, -0.15) is 0 Å². The average molecular weight is 484 g/mol. The highest BCUT2D eigenvalue weighted by Crippen LogP contribution is 2.29. The van der Waals surface area contributed by atoms with Crippen LogP contribution in [0.2, 0.25) is 0 Å². The number of ether oxygens (including phenoxy) is 2. The predicted molar refractivity (Wildman–Crippen MR) is 119 cm³/mol. The van der Waals surface area contributed by atoms with Crippen LogP contribution in [0.25, 0.3) is 0 Å². The van der Waals surface area contributed by atoms with E-state index in [1.807, 2.05) is 24.3 Å². The average Bonchev–Trinajstić information content (AvgIpc) is 2.67. The lowest BCUT2D eigenvalue weighted by Gasteiger charge is -2.11. The number of hydrogen-bond acceptors (Lipinski definition) is 4. The van der Waals surface area contributed by atoms with Crippen LogP contribution in [0.5, 0.6) is 11.5 Å². The molecule has 2 aromatic rings. The molecule has 146 valence electrons. The molecule has 0 saturated carbocycles. The topological polar surface area (TPSA) is 98.0 Å². The number of nitrogens with one attached hydrogen (secondary N) is 2. The Morgan fingerprint density at radius 3 is 2.52 bits per heavy atom. The fourth-order valence-electron chi connectivity index (χ4n) is 2.42. The van der Waals surface area contributed by atoms with E-state index in [4.69, 9.17) is 15.2 Å². The fraction of sp³-hybridized carbons (Fsp3) is 0.263. The van der Waals surface area contributed by atoms with Gasteiger partial charge in [0.05, 0.1) is 14.2 Å². The number of halogens is 1. The highest BCUT2D eigenvalue weighted by Gasteiger charge is 2.06. The number of nitrogens with two attached hydrogens (primary N) is 1. The van der Waals surface area contributed by atoms with E-state index < -0.39 is 0 Å². The standard InChI is InChI=1S/C19H24N4O3.HI/c1-21-18(24)14-6-4-5-13(11-14)9-10-22-19(20)23-15-7-8-16(25-2)17(12-15)26-3;/h4-8,11-12H,9-10H2,1-3H3,(H,21,24)(H3,20,22,23);1H. The summed E-state index contributed by atoms with van der Waals surface area (Å²) >= 11 is 0. The number of guanidine groups is 1. The Bertz CT molecular complexity index is 796. The Morgan fingerprint density at radius 2 is 1.85 bits per heavy atom. The second kappa shape index (κ2) is 11.3. The quantitative estimate of drug-likeness (QED) is 0.319. The molecule has 1 amide bonds. The van der Waals surface area contributed by atoms with Crippen LogP contribution in [0.1, 0.15) is 15.9 Å². The van der Waals surface area contributed by atoms with Crippen molar-refractivity contribution in [2.45, 2.75) is 6.42 Å². The summed E-state index contributed by atoms with van der Waals surface area (Å²) in [7, 11) is 4.77. The molecule has 2 rings (SSSR count). The van der Waals surface area contributed by atoms with E-state index in [9.17, 15) is 4.79 Å². The minimum Gasteiger partial charge on any atom is -0.493 e. The van der Waals surface area contributed by atoms with Crippen LogP contribution in [0, 0.1) is 0 Å². The van der Waals surface area contributed by atoms with Crippen molar-refractivity contribution in [3.63, 3.8) is 0 Å². The number of rotatable bonds is 7. The van der Waals surface area contributed by atoms with E-state index in [0.717, 1.165) is 11.3 Å². The Kier molecular flexibility index (Phi) is 9.41. The molecule has 0 spiro atoms. The van der Waals surface area contributed by atoms with Gasteiger partial charge in [0, 0.05) is 30.9 Å². The van der Waals surface area contributed by atoms with Gasteiger partial charge in [-0.3, -0.25) is 9.79 Å². The van der Waals surface area contributed by atoms with E-state index in [0.29, 0.717) is 36.0 Å². The molecule has 0 bridgehead atoms. The van der Waals surface area contributed by atoms with Crippen molar-refractivity contribution in [2.75, 3.05) is 33.1 Å². The van der Waals surface area contributed by atoms with Crippen molar-refractivity contribution in [3.8, 4) is 11.5 Å². The number of benzene rings is 2. The van der Waals surface area contributed by atoms with Crippen LogP contribution >= 0.6 is 24.0 Å². The number of amides is 1. The van der Waals surface area contributed by atoms with Crippen LogP contribution in [0.3, 0.4) is 0 Å². The Balaban J connectivity index is 0.00000364. The van der Waals surface area contributed by atoms with Crippen LogP contribution in [0.15, 0.2) is 47.5 Å². The minimum atomic E-state index is -0.106. The maximum Gasteiger partial charge on any atom is 0.251 e. The second-order valence-electron chi connectivity index (χ2n) is 5.49. The summed E-state index contributed by atoms with van der Waals surface area (Å²) in [4.78, 5) is 16.0. The number of methoxy groups -OCH3 is 2. The first-order valence-electron chi connectivity index (χ1n) is 8.17. The van der Waals surface area contributed by atoms with Crippen LogP contribution in [-0.4, -0.2) is 39.7 Å². The third kappa shape index (κ3) is 6.63. The molecule has 27 heavy (non-hydrogen) atoms. The van der Waals surface area contributed by atoms with Crippen molar-refractivity contribution in [1.29, 1.82) is 0 Å². The molecule has 0 radical (unpaired) electrons. The zero-order valence-electron chi connectivity index (χ0n) is 15.6. The molecule has 2 aromatic carbocycles. The molecular formula is C19H25IN4O3. The van der Waals surface area contributed by atoms with Crippen LogP contribution in [0.4, 0.5) is 5.69 Å². The molecular weight excluding hydrogens is 459 g/mol. The van der Waals surface area contributed by atoms with Crippen LogP contribution < -0.4 is 25.8 Å². The molecule has 0 aliphatic carbocycles. The number of nitrogens with zero attached hydrogens (tertiary/aromatic N) is 1. The van der Waals surface area contributed by atoms with Crippen molar-refractivity contribution >= 4 is 41.5 Å².